The molecule has 0 radical (unpaired) electrons. The minimum absolute atomic E-state index is 0.141. The van der Waals surface area contributed by atoms with Crippen LogP contribution in [0.15, 0.2) is 42.6 Å². The zero-order valence-electron chi connectivity index (χ0n) is 16.6. The molecule has 0 spiro atoms. The topological polar surface area (TPSA) is 51.7 Å². The van der Waals surface area contributed by atoms with Crippen LogP contribution in [0.5, 0.6) is 11.5 Å². The molecule has 5 heteroatoms. The lowest BCUT2D eigenvalue weighted by molar-refractivity contribution is -0.117. The third-order valence-electron chi connectivity index (χ3n) is 5.39. The van der Waals surface area contributed by atoms with E-state index in [-0.39, 0.29) is 17.8 Å². The van der Waals surface area contributed by atoms with Crippen LogP contribution in [0, 0.1) is 5.92 Å². The molecule has 2 aliphatic rings. The van der Waals surface area contributed by atoms with Crippen LogP contribution in [0.4, 0.5) is 5.69 Å². The van der Waals surface area contributed by atoms with Crippen molar-refractivity contribution in [2.75, 3.05) is 24.6 Å². The number of Topliss-reactive ketones (excluding diaryl/α,β-unsaturated/α-hetero) is 1. The van der Waals surface area contributed by atoms with E-state index in [0.717, 1.165) is 42.8 Å². The van der Waals surface area contributed by atoms with Crippen molar-refractivity contribution in [1.82, 2.24) is 4.98 Å². The van der Waals surface area contributed by atoms with Crippen molar-refractivity contribution in [2.24, 2.45) is 5.92 Å². The molecule has 0 amide bonds. The number of carbonyl (C=O) groups is 1. The molecular weight excluding hydrogens is 352 g/mol. The van der Waals surface area contributed by atoms with Crippen LogP contribution in [0.3, 0.4) is 0 Å². The summed E-state index contributed by atoms with van der Waals surface area (Å²) in [5, 5.41) is 0. The second-order valence-electron chi connectivity index (χ2n) is 8.12. The van der Waals surface area contributed by atoms with Gasteiger partial charge in [0.1, 0.15) is 23.4 Å². The van der Waals surface area contributed by atoms with Crippen molar-refractivity contribution in [2.45, 2.75) is 45.1 Å². The van der Waals surface area contributed by atoms with Crippen molar-refractivity contribution in [1.29, 1.82) is 0 Å². The zero-order valence-corrected chi connectivity index (χ0v) is 16.6. The van der Waals surface area contributed by atoms with E-state index in [9.17, 15) is 4.79 Å². The van der Waals surface area contributed by atoms with Gasteiger partial charge in [0.15, 0.2) is 0 Å². The van der Waals surface area contributed by atoms with Crippen LogP contribution in [-0.2, 0) is 4.79 Å². The number of ketones is 1. The van der Waals surface area contributed by atoms with Crippen LogP contribution in [0.25, 0.3) is 0 Å². The summed E-state index contributed by atoms with van der Waals surface area (Å²) in [6, 6.07) is 12.2. The third-order valence-corrected chi connectivity index (χ3v) is 5.39. The number of carbonyl (C=O) groups excluding carboxylic acids is 1. The molecule has 1 aromatic carbocycles. The lowest BCUT2D eigenvalue weighted by Crippen LogP contribution is -2.54. The predicted octanol–water partition coefficient (Wildman–Crippen LogP) is 4.22. The van der Waals surface area contributed by atoms with Gasteiger partial charge in [-0.25, -0.2) is 0 Å². The van der Waals surface area contributed by atoms with Crippen LogP contribution >= 0.6 is 0 Å². The largest absolute Gasteiger partial charge is 0.493 e. The normalized spacial score (nSPS) is 17.7. The number of benzene rings is 1. The Hall–Kier alpha value is -2.56. The Kier molecular flexibility index (Phi) is 5.51. The Morgan fingerprint density at radius 2 is 1.86 bits per heavy atom. The maximum atomic E-state index is 11.3. The van der Waals surface area contributed by atoms with Crippen molar-refractivity contribution in [3.63, 3.8) is 0 Å². The van der Waals surface area contributed by atoms with E-state index in [4.69, 9.17) is 9.47 Å². The molecule has 0 unspecified atom stereocenters. The molecular formula is C23H28N2O3. The fraction of sp³-hybridized carbons (Fsp3) is 0.478. The highest BCUT2D eigenvalue weighted by molar-refractivity contribution is 5.76. The first-order valence-electron chi connectivity index (χ1n) is 10.2. The Morgan fingerprint density at radius 1 is 1.14 bits per heavy atom. The van der Waals surface area contributed by atoms with Gasteiger partial charge in [0.05, 0.1) is 25.9 Å². The van der Waals surface area contributed by atoms with Crippen molar-refractivity contribution >= 4 is 11.5 Å². The molecule has 0 bridgehead atoms. The number of aromatic nitrogens is 1. The van der Waals surface area contributed by atoms with Gasteiger partial charge >= 0.3 is 0 Å². The zero-order chi connectivity index (χ0) is 19.5. The lowest BCUT2D eigenvalue weighted by Gasteiger charge is -2.40. The summed E-state index contributed by atoms with van der Waals surface area (Å²) in [4.78, 5) is 18.0. The Morgan fingerprint density at radius 3 is 2.46 bits per heavy atom. The summed E-state index contributed by atoms with van der Waals surface area (Å²) in [5.41, 5.74) is 2.13. The summed E-state index contributed by atoms with van der Waals surface area (Å²) in [7, 11) is 0. The molecule has 0 N–H and O–H groups in total. The number of anilines is 1. The SMILES string of the molecule is CC(=O)C[C@@H](C)c1ccc(OC2CN(c3ccc(OCC4CC4)cc3)C2)cn1. The Labute approximate surface area is 166 Å². The molecule has 1 saturated heterocycles. The molecule has 2 aromatic rings. The van der Waals surface area contributed by atoms with Gasteiger partial charge in [0, 0.05) is 23.7 Å². The Bertz CT molecular complexity index is 794. The van der Waals surface area contributed by atoms with Crippen LogP contribution in [-0.4, -0.2) is 36.6 Å². The van der Waals surface area contributed by atoms with Gasteiger partial charge in [-0.3, -0.25) is 4.98 Å². The molecule has 1 atom stereocenters. The van der Waals surface area contributed by atoms with Crippen molar-refractivity contribution < 1.29 is 14.3 Å². The number of hydrogen-bond acceptors (Lipinski definition) is 5. The van der Waals surface area contributed by atoms with E-state index in [2.05, 4.69) is 34.1 Å². The van der Waals surface area contributed by atoms with Crippen LogP contribution < -0.4 is 14.4 Å². The van der Waals surface area contributed by atoms with Gasteiger partial charge in [-0.15, -0.1) is 0 Å². The fourth-order valence-electron chi connectivity index (χ4n) is 3.46. The number of hydrogen-bond donors (Lipinski definition) is 0. The molecule has 5 nitrogen and oxygen atoms in total. The first-order chi connectivity index (χ1) is 13.6. The summed E-state index contributed by atoms with van der Waals surface area (Å²) in [6.45, 7) is 6.22. The molecule has 1 aromatic heterocycles. The molecule has 1 aliphatic heterocycles. The average molecular weight is 380 g/mol. The minimum atomic E-state index is 0.141. The van der Waals surface area contributed by atoms with Gasteiger partial charge in [-0.1, -0.05) is 6.92 Å². The van der Waals surface area contributed by atoms with Crippen LogP contribution in [0.1, 0.15) is 44.7 Å². The van der Waals surface area contributed by atoms with Crippen LogP contribution in [0.2, 0.25) is 0 Å². The third kappa shape index (κ3) is 4.83. The van der Waals surface area contributed by atoms with Crippen molar-refractivity contribution in [3.05, 3.63) is 48.3 Å². The number of nitrogens with zero attached hydrogens (tertiary/aromatic N) is 2. The molecule has 2 heterocycles. The summed E-state index contributed by atoms with van der Waals surface area (Å²) in [6.07, 6.45) is 5.08. The molecule has 1 saturated carbocycles. The Balaban J connectivity index is 1.23. The lowest BCUT2D eigenvalue weighted by atomic mass is 10.0. The smallest absolute Gasteiger partial charge is 0.138 e. The molecule has 28 heavy (non-hydrogen) atoms. The second kappa shape index (κ2) is 8.21. The first kappa shape index (κ1) is 18.8. The molecule has 4 rings (SSSR count). The van der Waals surface area contributed by atoms with E-state index in [1.807, 2.05) is 19.1 Å². The van der Waals surface area contributed by atoms with E-state index < -0.39 is 0 Å². The standard InChI is InChI=1S/C23H28N2O3/c1-16(11-17(2)26)23-10-9-21(12-24-23)28-22-13-25(14-22)19-5-7-20(8-6-19)27-15-18-3-4-18/h5-10,12,16,18,22H,3-4,11,13-15H2,1-2H3/t16-/m1/s1. The van der Waals surface area contributed by atoms with Gasteiger partial charge in [0.2, 0.25) is 0 Å². The van der Waals surface area contributed by atoms with Gasteiger partial charge in [-0.2, -0.15) is 0 Å². The second-order valence-corrected chi connectivity index (χ2v) is 8.12. The van der Waals surface area contributed by atoms with Gasteiger partial charge in [-0.05, 0) is 62.1 Å². The quantitative estimate of drug-likeness (QED) is 0.652. The first-order valence-corrected chi connectivity index (χ1v) is 10.2. The molecule has 1 aliphatic carbocycles. The summed E-state index contributed by atoms with van der Waals surface area (Å²) >= 11 is 0. The van der Waals surface area contributed by atoms with E-state index in [0.29, 0.717) is 6.42 Å². The molecule has 2 fully saturated rings. The van der Waals surface area contributed by atoms with Gasteiger partial charge < -0.3 is 19.2 Å². The highest BCUT2D eigenvalue weighted by atomic mass is 16.5. The van der Waals surface area contributed by atoms with E-state index >= 15 is 0 Å². The maximum Gasteiger partial charge on any atom is 0.138 e. The van der Waals surface area contributed by atoms with E-state index in [1.54, 1.807) is 13.1 Å². The number of rotatable bonds is 9. The summed E-state index contributed by atoms with van der Waals surface area (Å²) in [5.74, 6) is 2.84. The molecule has 148 valence electrons. The van der Waals surface area contributed by atoms with E-state index in [1.165, 1.54) is 18.5 Å². The minimum Gasteiger partial charge on any atom is -0.493 e. The maximum absolute atomic E-state index is 11.3. The highest BCUT2D eigenvalue weighted by Gasteiger charge is 2.29. The summed E-state index contributed by atoms with van der Waals surface area (Å²) < 4.78 is 11.8. The number of ether oxygens (including phenoxy) is 2. The van der Waals surface area contributed by atoms with Gasteiger partial charge in [0.25, 0.3) is 0 Å². The average Bonchev–Trinajstić information content (AvgIpc) is 3.48. The monoisotopic (exact) mass is 380 g/mol. The predicted molar refractivity (Wildman–Crippen MR) is 109 cm³/mol. The van der Waals surface area contributed by atoms with Crippen molar-refractivity contribution in [3.8, 4) is 11.5 Å². The highest BCUT2D eigenvalue weighted by Crippen LogP contribution is 2.31. The number of pyridine rings is 1. The fourth-order valence-corrected chi connectivity index (χ4v) is 3.46.